The van der Waals surface area contributed by atoms with Crippen molar-refractivity contribution in [3.05, 3.63) is 65.2 Å². The van der Waals surface area contributed by atoms with Gasteiger partial charge in [0.05, 0.1) is 21.7 Å². The minimum absolute atomic E-state index is 0.120. The van der Waals surface area contributed by atoms with E-state index in [-0.39, 0.29) is 29.9 Å². The molecule has 1 aliphatic rings. The number of anilines is 2. The first-order valence-corrected chi connectivity index (χ1v) is 10.3. The molecule has 0 saturated carbocycles. The number of carbonyl (C=O) groups excluding carboxylic acids is 3. The van der Waals surface area contributed by atoms with E-state index in [1.54, 1.807) is 53.4 Å². The average molecular weight is 462 g/mol. The molecule has 0 bridgehead atoms. The predicted octanol–water partition coefficient (Wildman–Crippen LogP) is 3.67. The largest absolute Gasteiger partial charge is 0.484 e. The molecule has 1 heterocycles. The second-order valence-electron chi connectivity index (χ2n) is 6.87. The van der Waals surface area contributed by atoms with Crippen LogP contribution in [0.2, 0.25) is 10.0 Å². The highest BCUT2D eigenvalue weighted by Crippen LogP contribution is 2.30. The van der Waals surface area contributed by atoms with E-state index in [1.165, 1.54) is 0 Å². The Balaban J connectivity index is 1.54. The fraction of sp³-hybridized carbons (Fsp3) is 0.227. The Hall–Kier alpha value is -3.03. The third kappa shape index (κ3) is 5.77. The molecule has 1 saturated heterocycles. The van der Waals surface area contributed by atoms with Gasteiger partial charge in [0.15, 0.2) is 6.61 Å². The highest BCUT2D eigenvalue weighted by atomic mass is 35.5. The van der Waals surface area contributed by atoms with Crippen molar-refractivity contribution < 1.29 is 19.1 Å². The zero-order valence-electron chi connectivity index (χ0n) is 16.6. The molecule has 7 nitrogen and oxygen atoms in total. The van der Waals surface area contributed by atoms with Crippen molar-refractivity contribution in [2.75, 3.05) is 29.9 Å². The molecule has 3 rings (SSSR count). The Labute approximate surface area is 190 Å². The number of amides is 3. The summed E-state index contributed by atoms with van der Waals surface area (Å²) in [6.07, 6.45) is 1.75. The minimum Gasteiger partial charge on any atom is -0.484 e. The van der Waals surface area contributed by atoms with Crippen LogP contribution in [0.4, 0.5) is 11.4 Å². The van der Waals surface area contributed by atoms with Crippen LogP contribution >= 0.6 is 23.2 Å². The molecule has 1 aliphatic heterocycles. The summed E-state index contributed by atoms with van der Waals surface area (Å²) in [6.45, 7) is 4.01. The number of nitrogens with one attached hydrogen (secondary N) is 2. The van der Waals surface area contributed by atoms with Gasteiger partial charge in [-0.05, 0) is 36.4 Å². The van der Waals surface area contributed by atoms with Crippen molar-refractivity contribution >= 4 is 52.3 Å². The Morgan fingerprint density at radius 2 is 1.94 bits per heavy atom. The molecule has 1 atom stereocenters. The monoisotopic (exact) mass is 461 g/mol. The fourth-order valence-electron chi connectivity index (χ4n) is 3.11. The summed E-state index contributed by atoms with van der Waals surface area (Å²) in [5.41, 5.74) is 1.06. The van der Waals surface area contributed by atoms with E-state index in [0.717, 1.165) is 0 Å². The second kappa shape index (κ2) is 10.3. The van der Waals surface area contributed by atoms with Crippen molar-refractivity contribution in [2.45, 2.75) is 6.42 Å². The first kappa shape index (κ1) is 22.7. The van der Waals surface area contributed by atoms with Gasteiger partial charge >= 0.3 is 0 Å². The number of benzene rings is 2. The molecule has 2 N–H and O–H groups in total. The summed E-state index contributed by atoms with van der Waals surface area (Å²) in [5, 5.41) is 5.95. The Bertz CT molecular complexity index is 995. The van der Waals surface area contributed by atoms with E-state index in [2.05, 4.69) is 17.2 Å². The second-order valence-corrected chi connectivity index (χ2v) is 7.66. The summed E-state index contributed by atoms with van der Waals surface area (Å²) in [7, 11) is 0. The maximum atomic E-state index is 12.3. The van der Waals surface area contributed by atoms with Crippen molar-refractivity contribution in [1.82, 2.24) is 5.32 Å². The quantitative estimate of drug-likeness (QED) is 0.587. The van der Waals surface area contributed by atoms with Crippen molar-refractivity contribution in [2.24, 2.45) is 5.92 Å². The van der Waals surface area contributed by atoms with E-state index in [0.29, 0.717) is 35.2 Å². The van der Waals surface area contributed by atoms with Gasteiger partial charge in [-0.3, -0.25) is 14.4 Å². The summed E-state index contributed by atoms with van der Waals surface area (Å²) in [5.74, 6) is -0.614. The van der Waals surface area contributed by atoms with Gasteiger partial charge in [-0.15, -0.1) is 6.58 Å². The predicted molar refractivity (Wildman–Crippen MR) is 121 cm³/mol. The van der Waals surface area contributed by atoms with Crippen LogP contribution in [0, 0.1) is 5.92 Å². The van der Waals surface area contributed by atoms with Gasteiger partial charge < -0.3 is 20.3 Å². The van der Waals surface area contributed by atoms with Gasteiger partial charge in [0.1, 0.15) is 5.75 Å². The molecule has 0 radical (unpaired) electrons. The van der Waals surface area contributed by atoms with Crippen molar-refractivity contribution in [3.63, 3.8) is 0 Å². The fourth-order valence-corrected chi connectivity index (χ4v) is 3.46. The van der Waals surface area contributed by atoms with Gasteiger partial charge in [-0.25, -0.2) is 0 Å². The average Bonchev–Trinajstić information content (AvgIpc) is 3.16. The summed E-state index contributed by atoms with van der Waals surface area (Å²) >= 11 is 12.0. The molecule has 2 aromatic carbocycles. The Morgan fingerprint density at radius 1 is 1.19 bits per heavy atom. The topological polar surface area (TPSA) is 87.7 Å². The molecule has 3 amide bonds. The summed E-state index contributed by atoms with van der Waals surface area (Å²) in [4.78, 5) is 38.1. The molecule has 0 aromatic heterocycles. The molecule has 0 unspecified atom stereocenters. The number of nitrogens with zero attached hydrogens (tertiary/aromatic N) is 1. The highest BCUT2D eigenvalue weighted by Gasteiger charge is 2.34. The molecule has 162 valence electrons. The first-order chi connectivity index (χ1) is 14.9. The minimum atomic E-state index is -0.398. The molecule has 31 heavy (non-hydrogen) atoms. The van der Waals surface area contributed by atoms with Gasteiger partial charge in [0.25, 0.3) is 5.91 Å². The maximum Gasteiger partial charge on any atom is 0.262 e. The number of hydrogen-bond donors (Lipinski definition) is 2. The lowest BCUT2D eigenvalue weighted by Crippen LogP contribution is -2.32. The van der Waals surface area contributed by atoms with Crippen LogP contribution in [0.25, 0.3) is 0 Å². The third-order valence-electron chi connectivity index (χ3n) is 4.66. The van der Waals surface area contributed by atoms with E-state index in [4.69, 9.17) is 27.9 Å². The normalized spacial score (nSPS) is 15.5. The van der Waals surface area contributed by atoms with E-state index >= 15 is 0 Å². The van der Waals surface area contributed by atoms with Gasteiger partial charge in [-0.1, -0.05) is 35.3 Å². The molecule has 0 spiro atoms. The lowest BCUT2D eigenvalue weighted by molar-refractivity contribution is -0.126. The zero-order chi connectivity index (χ0) is 22.4. The maximum absolute atomic E-state index is 12.3. The standard InChI is InChI=1S/C22H21Cl2N3O4/c1-2-10-25-22(30)14-11-20(29)27(12-14)15-6-8-16(9-7-15)31-13-19(28)26-18-5-3-4-17(23)21(18)24/h2-9,14H,1,10-13H2,(H,25,30)(H,26,28)/t14-/m1/s1. The van der Waals surface area contributed by atoms with E-state index in [1.807, 2.05) is 0 Å². The van der Waals surface area contributed by atoms with Crippen LogP contribution in [0.1, 0.15) is 6.42 Å². The van der Waals surface area contributed by atoms with Crippen LogP contribution in [-0.2, 0) is 14.4 Å². The van der Waals surface area contributed by atoms with Gasteiger partial charge in [0.2, 0.25) is 11.8 Å². The molecule has 0 aliphatic carbocycles. The van der Waals surface area contributed by atoms with E-state index < -0.39 is 11.8 Å². The lowest BCUT2D eigenvalue weighted by Gasteiger charge is -2.17. The number of carbonyl (C=O) groups is 3. The van der Waals surface area contributed by atoms with Crippen LogP contribution in [-0.4, -0.2) is 37.4 Å². The molecule has 1 fully saturated rings. The number of ether oxygens (including phenoxy) is 1. The number of rotatable bonds is 8. The van der Waals surface area contributed by atoms with Gasteiger partial charge in [0, 0.05) is 25.2 Å². The summed E-state index contributed by atoms with van der Waals surface area (Å²) < 4.78 is 5.49. The summed E-state index contributed by atoms with van der Waals surface area (Å²) in [6, 6.07) is 11.7. The molecular weight excluding hydrogens is 441 g/mol. The van der Waals surface area contributed by atoms with Gasteiger partial charge in [-0.2, -0.15) is 0 Å². The zero-order valence-corrected chi connectivity index (χ0v) is 18.1. The number of halogens is 2. The van der Waals surface area contributed by atoms with Crippen LogP contribution in [0.15, 0.2) is 55.1 Å². The van der Waals surface area contributed by atoms with E-state index in [9.17, 15) is 14.4 Å². The molecule has 2 aromatic rings. The third-order valence-corrected chi connectivity index (χ3v) is 5.48. The lowest BCUT2D eigenvalue weighted by atomic mass is 10.1. The van der Waals surface area contributed by atoms with Crippen LogP contribution in [0.5, 0.6) is 5.75 Å². The van der Waals surface area contributed by atoms with Crippen molar-refractivity contribution in [3.8, 4) is 5.75 Å². The van der Waals surface area contributed by atoms with Crippen molar-refractivity contribution in [1.29, 1.82) is 0 Å². The van der Waals surface area contributed by atoms with Crippen LogP contribution in [0.3, 0.4) is 0 Å². The smallest absolute Gasteiger partial charge is 0.262 e. The Morgan fingerprint density at radius 3 is 2.65 bits per heavy atom. The first-order valence-electron chi connectivity index (χ1n) is 9.54. The SMILES string of the molecule is C=CCNC(=O)[C@@H]1CC(=O)N(c2ccc(OCC(=O)Nc3cccc(Cl)c3Cl)cc2)C1. The molecule has 9 heteroatoms. The Kier molecular flexibility index (Phi) is 7.55. The molecular formula is C22H21Cl2N3O4. The number of hydrogen-bond acceptors (Lipinski definition) is 4. The van der Waals surface area contributed by atoms with Crippen LogP contribution < -0.4 is 20.3 Å². The highest BCUT2D eigenvalue weighted by molar-refractivity contribution is 6.44.